The molecule has 0 bridgehead atoms. The number of amides is 1. The van der Waals surface area contributed by atoms with Crippen molar-refractivity contribution < 1.29 is 19.0 Å². The lowest BCUT2D eigenvalue weighted by atomic mass is 10.2. The Morgan fingerprint density at radius 1 is 1.19 bits per heavy atom. The number of hydrogen-bond acceptors (Lipinski definition) is 5. The molecule has 0 radical (unpaired) electrons. The Morgan fingerprint density at radius 2 is 2.00 bits per heavy atom. The molecule has 140 valence electrons. The lowest BCUT2D eigenvalue weighted by Crippen LogP contribution is -2.20. The number of para-hydroxylation sites is 1. The maximum atomic E-state index is 12.8. The van der Waals surface area contributed by atoms with Gasteiger partial charge in [-0.05, 0) is 37.3 Å². The molecule has 1 aliphatic rings. The highest BCUT2D eigenvalue weighted by Crippen LogP contribution is 2.30. The van der Waals surface area contributed by atoms with Gasteiger partial charge in [-0.1, -0.05) is 23.5 Å². The lowest BCUT2D eigenvalue weighted by Gasteiger charge is -2.18. The highest BCUT2D eigenvalue weighted by molar-refractivity contribution is 7.16. The smallest absolute Gasteiger partial charge is 0.279 e. The van der Waals surface area contributed by atoms with Gasteiger partial charge in [0.15, 0.2) is 16.3 Å². The van der Waals surface area contributed by atoms with E-state index in [2.05, 4.69) is 4.99 Å². The van der Waals surface area contributed by atoms with Gasteiger partial charge in [0.05, 0.1) is 16.8 Å². The van der Waals surface area contributed by atoms with Crippen LogP contribution in [0.5, 0.6) is 11.5 Å². The molecule has 0 saturated heterocycles. The third-order valence-corrected chi connectivity index (χ3v) is 5.30. The molecular formula is C20H20N2O4S. The van der Waals surface area contributed by atoms with Crippen LogP contribution in [-0.4, -0.2) is 36.9 Å². The van der Waals surface area contributed by atoms with E-state index in [0.29, 0.717) is 54.8 Å². The topological polar surface area (TPSA) is 62.1 Å². The number of carbonyl (C=O) groups excluding carboxylic acids is 1. The molecule has 1 aliphatic heterocycles. The molecule has 7 heteroatoms. The molecule has 27 heavy (non-hydrogen) atoms. The Kier molecular flexibility index (Phi) is 5.22. The minimum absolute atomic E-state index is 0.302. The van der Waals surface area contributed by atoms with Crippen molar-refractivity contribution >= 4 is 27.5 Å². The summed E-state index contributed by atoms with van der Waals surface area (Å²) in [6.07, 6.45) is 0. The molecule has 0 unspecified atom stereocenters. The molecule has 0 aliphatic carbocycles. The van der Waals surface area contributed by atoms with Gasteiger partial charge in [0.2, 0.25) is 0 Å². The molecule has 3 aromatic rings. The van der Waals surface area contributed by atoms with Crippen molar-refractivity contribution in [3.8, 4) is 11.5 Å². The first kappa shape index (κ1) is 17.8. The molecule has 2 heterocycles. The van der Waals surface area contributed by atoms with Crippen molar-refractivity contribution in [1.82, 2.24) is 4.57 Å². The average Bonchev–Trinajstić information content (AvgIpc) is 3.05. The summed E-state index contributed by atoms with van der Waals surface area (Å²) in [4.78, 5) is 17.8. The lowest BCUT2D eigenvalue weighted by molar-refractivity contribution is 0.0995. The summed E-state index contributed by atoms with van der Waals surface area (Å²) < 4.78 is 19.7. The van der Waals surface area contributed by atoms with E-state index < -0.39 is 0 Å². The minimum Gasteiger partial charge on any atom is -0.486 e. The first-order chi connectivity index (χ1) is 13.3. The monoisotopic (exact) mass is 384 g/mol. The Morgan fingerprint density at radius 3 is 2.85 bits per heavy atom. The molecule has 1 amide bonds. The van der Waals surface area contributed by atoms with Crippen LogP contribution in [0.3, 0.4) is 0 Å². The minimum atomic E-state index is -0.302. The van der Waals surface area contributed by atoms with E-state index in [9.17, 15) is 4.79 Å². The summed E-state index contributed by atoms with van der Waals surface area (Å²) in [6, 6.07) is 13.2. The number of aromatic nitrogens is 1. The van der Waals surface area contributed by atoms with Crippen LogP contribution >= 0.6 is 11.3 Å². The number of carbonyl (C=O) groups is 1. The van der Waals surface area contributed by atoms with E-state index >= 15 is 0 Å². The zero-order valence-electron chi connectivity index (χ0n) is 15.0. The van der Waals surface area contributed by atoms with Crippen molar-refractivity contribution in [3.05, 3.63) is 52.8 Å². The predicted octanol–water partition coefficient (Wildman–Crippen LogP) is 3.25. The Bertz CT molecular complexity index is 1040. The molecule has 4 rings (SSSR count). The van der Waals surface area contributed by atoms with Crippen LogP contribution in [0.1, 0.15) is 17.3 Å². The average molecular weight is 384 g/mol. The van der Waals surface area contributed by atoms with E-state index in [1.165, 1.54) is 11.3 Å². The number of fused-ring (bicyclic) bond motifs is 2. The van der Waals surface area contributed by atoms with Crippen LogP contribution in [-0.2, 0) is 11.3 Å². The van der Waals surface area contributed by atoms with Gasteiger partial charge in [-0.3, -0.25) is 4.79 Å². The zero-order chi connectivity index (χ0) is 18.6. The van der Waals surface area contributed by atoms with E-state index in [-0.39, 0.29) is 5.91 Å². The highest BCUT2D eigenvalue weighted by Gasteiger charge is 2.15. The van der Waals surface area contributed by atoms with E-state index in [0.717, 1.165) is 10.2 Å². The number of nitrogens with zero attached hydrogens (tertiary/aromatic N) is 2. The van der Waals surface area contributed by atoms with Gasteiger partial charge in [0.25, 0.3) is 5.91 Å². The van der Waals surface area contributed by atoms with Crippen LogP contribution in [0.15, 0.2) is 47.5 Å². The maximum absolute atomic E-state index is 12.8. The summed E-state index contributed by atoms with van der Waals surface area (Å²) in [5.41, 5.74) is 1.53. The maximum Gasteiger partial charge on any atom is 0.279 e. The van der Waals surface area contributed by atoms with Crippen molar-refractivity contribution in [2.24, 2.45) is 4.99 Å². The first-order valence-corrected chi connectivity index (χ1v) is 9.72. The fourth-order valence-electron chi connectivity index (χ4n) is 2.95. The van der Waals surface area contributed by atoms with Crippen molar-refractivity contribution in [3.63, 3.8) is 0 Å². The van der Waals surface area contributed by atoms with E-state index in [4.69, 9.17) is 14.2 Å². The molecule has 0 N–H and O–H groups in total. The second-order valence-electron chi connectivity index (χ2n) is 5.98. The molecule has 0 atom stereocenters. The fourth-order valence-corrected chi connectivity index (χ4v) is 4.00. The summed E-state index contributed by atoms with van der Waals surface area (Å²) in [5.74, 6) is 0.943. The van der Waals surface area contributed by atoms with Gasteiger partial charge in [-0.2, -0.15) is 4.99 Å². The van der Waals surface area contributed by atoms with Crippen molar-refractivity contribution in [1.29, 1.82) is 0 Å². The summed E-state index contributed by atoms with van der Waals surface area (Å²) >= 11 is 1.50. The standard InChI is InChI=1S/C20H20N2O4S/c1-2-24-10-9-22-15-5-3-4-6-18(15)27-20(22)21-19(23)14-7-8-16-17(13-14)26-12-11-25-16/h3-8,13H,2,9-12H2,1H3. The van der Waals surface area contributed by atoms with Gasteiger partial charge in [-0.25, -0.2) is 0 Å². The molecule has 0 spiro atoms. The van der Waals surface area contributed by atoms with Gasteiger partial charge in [-0.15, -0.1) is 0 Å². The molecule has 0 saturated carbocycles. The Hall–Kier alpha value is -2.64. The van der Waals surface area contributed by atoms with Crippen molar-refractivity contribution in [2.75, 3.05) is 26.4 Å². The largest absolute Gasteiger partial charge is 0.486 e. The predicted molar refractivity (Wildman–Crippen MR) is 104 cm³/mol. The number of thiazole rings is 1. The summed E-state index contributed by atoms with van der Waals surface area (Å²) in [7, 11) is 0. The Labute approximate surface area is 160 Å². The molecule has 6 nitrogen and oxygen atoms in total. The fraction of sp³-hybridized carbons (Fsp3) is 0.300. The number of rotatable bonds is 5. The van der Waals surface area contributed by atoms with E-state index in [1.807, 2.05) is 35.8 Å². The highest BCUT2D eigenvalue weighted by atomic mass is 32.1. The third kappa shape index (κ3) is 3.74. The molecule has 1 aromatic heterocycles. The van der Waals surface area contributed by atoms with Crippen LogP contribution < -0.4 is 14.3 Å². The second-order valence-corrected chi connectivity index (χ2v) is 6.99. The van der Waals surface area contributed by atoms with Gasteiger partial charge in [0.1, 0.15) is 13.2 Å². The van der Waals surface area contributed by atoms with Crippen LogP contribution in [0.4, 0.5) is 0 Å². The molecule has 2 aromatic carbocycles. The second kappa shape index (κ2) is 7.94. The number of hydrogen-bond donors (Lipinski definition) is 0. The van der Waals surface area contributed by atoms with Crippen LogP contribution in [0.25, 0.3) is 10.2 Å². The molecular weight excluding hydrogens is 364 g/mol. The first-order valence-electron chi connectivity index (χ1n) is 8.91. The van der Waals surface area contributed by atoms with Crippen molar-refractivity contribution in [2.45, 2.75) is 13.5 Å². The van der Waals surface area contributed by atoms with Gasteiger partial charge >= 0.3 is 0 Å². The quantitative estimate of drug-likeness (QED) is 0.634. The normalized spacial score (nSPS) is 13.9. The number of benzene rings is 2. The van der Waals surface area contributed by atoms with E-state index in [1.54, 1.807) is 18.2 Å². The summed E-state index contributed by atoms with van der Waals surface area (Å²) in [6.45, 7) is 4.84. The van der Waals surface area contributed by atoms with Crippen LogP contribution in [0.2, 0.25) is 0 Å². The van der Waals surface area contributed by atoms with Gasteiger partial charge in [0, 0.05) is 18.7 Å². The SMILES string of the molecule is CCOCCn1c(=NC(=O)c2ccc3c(c2)OCCO3)sc2ccccc21. The molecule has 0 fully saturated rings. The number of ether oxygens (including phenoxy) is 3. The zero-order valence-corrected chi connectivity index (χ0v) is 15.8. The third-order valence-electron chi connectivity index (χ3n) is 4.24. The Balaban J connectivity index is 1.71. The van der Waals surface area contributed by atoms with Gasteiger partial charge < -0.3 is 18.8 Å². The van der Waals surface area contributed by atoms with Crippen LogP contribution in [0, 0.1) is 0 Å². The summed E-state index contributed by atoms with van der Waals surface area (Å²) in [5, 5.41) is 0.